The molecule has 2 aromatic carbocycles. The van der Waals surface area contributed by atoms with E-state index in [1.54, 1.807) is 23.7 Å². The Labute approximate surface area is 210 Å². The number of nitrogens with one attached hydrogen (secondary N) is 2. The number of nitrogens with zero attached hydrogens (tertiary/aromatic N) is 1. The van der Waals surface area contributed by atoms with Crippen molar-refractivity contribution in [1.29, 1.82) is 0 Å². The van der Waals surface area contributed by atoms with E-state index >= 15 is 0 Å². The second-order valence-corrected chi connectivity index (χ2v) is 9.93. The van der Waals surface area contributed by atoms with E-state index in [9.17, 15) is 9.59 Å². The Morgan fingerprint density at radius 2 is 1.89 bits per heavy atom. The fourth-order valence-electron chi connectivity index (χ4n) is 3.80. The molecular formula is C27H23N3O3S2. The van der Waals surface area contributed by atoms with Crippen LogP contribution >= 0.6 is 23.3 Å². The monoisotopic (exact) mass is 501 g/mol. The van der Waals surface area contributed by atoms with Gasteiger partial charge in [-0.15, -0.1) is 11.3 Å². The normalized spacial score (nSPS) is 12.0. The van der Waals surface area contributed by atoms with Gasteiger partial charge in [0, 0.05) is 21.4 Å². The molecule has 5 rings (SSSR count). The molecule has 3 aromatic heterocycles. The molecule has 176 valence electrons. The van der Waals surface area contributed by atoms with Crippen molar-refractivity contribution in [3.05, 3.63) is 123 Å². The lowest BCUT2D eigenvalue weighted by molar-refractivity contribution is -0.134. The summed E-state index contributed by atoms with van der Waals surface area (Å²) in [6, 6.07) is 26.0. The number of rotatable bonds is 9. The van der Waals surface area contributed by atoms with Gasteiger partial charge in [0.1, 0.15) is 11.8 Å². The summed E-state index contributed by atoms with van der Waals surface area (Å²) in [5, 5.41) is 2.94. The van der Waals surface area contributed by atoms with Gasteiger partial charge in [-0.3, -0.25) is 9.59 Å². The predicted molar refractivity (Wildman–Crippen MR) is 140 cm³/mol. The molecule has 1 atom stereocenters. The largest absolute Gasteiger partial charge is 0.467 e. The van der Waals surface area contributed by atoms with Gasteiger partial charge < -0.3 is 14.3 Å². The minimum Gasteiger partial charge on any atom is -0.467 e. The molecule has 1 amide bonds. The molecule has 35 heavy (non-hydrogen) atoms. The molecule has 0 bridgehead atoms. The molecule has 3 heterocycles. The fraction of sp³-hybridized carbons (Fsp3) is 0.111. The molecule has 0 aliphatic heterocycles. The average Bonchev–Trinajstić information content (AvgIpc) is 3.59. The van der Waals surface area contributed by atoms with Crippen LogP contribution in [0.2, 0.25) is 0 Å². The first-order valence-electron chi connectivity index (χ1n) is 11.1. The van der Waals surface area contributed by atoms with E-state index in [-0.39, 0.29) is 11.5 Å². The van der Waals surface area contributed by atoms with E-state index in [1.807, 2.05) is 83.1 Å². The van der Waals surface area contributed by atoms with Crippen LogP contribution < -0.4 is 10.3 Å². The smallest absolute Gasteiger partial charge is 0.248 e. The van der Waals surface area contributed by atoms with E-state index in [4.69, 9.17) is 4.42 Å². The molecule has 0 saturated heterocycles. The van der Waals surface area contributed by atoms with Crippen molar-refractivity contribution in [3.8, 4) is 0 Å². The minimum absolute atomic E-state index is 0.0429. The summed E-state index contributed by atoms with van der Waals surface area (Å²) in [6.45, 7) is 0.874. The van der Waals surface area contributed by atoms with E-state index in [2.05, 4.69) is 9.71 Å². The predicted octanol–water partition coefficient (Wildman–Crippen LogP) is 5.75. The van der Waals surface area contributed by atoms with Crippen molar-refractivity contribution < 1.29 is 9.21 Å². The molecule has 0 unspecified atom stereocenters. The highest BCUT2D eigenvalue weighted by atomic mass is 32.2. The van der Waals surface area contributed by atoms with Crippen LogP contribution in [0.25, 0.3) is 10.9 Å². The topological polar surface area (TPSA) is 78.3 Å². The summed E-state index contributed by atoms with van der Waals surface area (Å²) in [4.78, 5) is 32.2. The standard InChI is InChI=1S/C27H23N3O3S2/c31-25-13-10-20-16-22(11-12-24(20)28-25)35-29-26(19-6-2-1-3-7-19)27(32)30(17-21-8-4-14-33-21)18-23-9-5-15-34-23/h1-16,26,29H,17-18H2,(H,28,31)/t26-/m0/s1. The molecule has 0 fully saturated rings. The van der Waals surface area contributed by atoms with Crippen LogP contribution in [0.5, 0.6) is 0 Å². The fourth-order valence-corrected chi connectivity index (χ4v) is 5.34. The van der Waals surface area contributed by atoms with Gasteiger partial charge in [0.2, 0.25) is 11.5 Å². The highest BCUT2D eigenvalue weighted by Crippen LogP contribution is 2.27. The molecular weight excluding hydrogens is 478 g/mol. The maximum Gasteiger partial charge on any atom is 0.248 e. The second kappa shape index (κ2) is 10.8. The lowest BCUT2D eigenvalue weighted by Crippen LogP contribution is -2.38. The van der Waals surface area contributed by atoms with E-state index < -0.39 is 6.04 Å². The van der Waals surface area contributed by atoms with Crippen LogP contribution in [0, 0.1) is 0 Å². The number of hydrogen-bond donors (Lipinski definition) is 2. The van der Waals surface area contributed by atoms with E-state index in [0.717, 1.165) is 32.0 Å². The number of pyridine rings is 1. The molecule has 0 spiro atoms. The highest BCUT2D eigenvalue weighted by molar-refractivity contribution is 7.97. The Bertz CT molecular complexity index is 1410. The Kier molecular flexibility index (Phi) is 7.13. The summed E-state index contributed by atoms with van der Waals surface area (Å²) < 4.78 is 8.95. The van der Waals surface area contributed by atoms with Gasteiger partial charge in [0.05, 0.1) is 19.4 Å². The van der Waals surface area contributed by atoms with Crippen molar-refractivity contribution >= 4 is 40.1 Å². The number of fused-ring (bicyclic) bond motifs is 1. The van der Waals surface area contributed by atoms with Gasteiger partial charge in [0.25, 0.3) is 0 Å². The SMILES string of the molecule is O=C([C@@H](NSc1ccc2[nH]c(=O)ccc2c1)c1ccccc1)N(Cc1ccco1)Cc1cccs1. The second-order valence-electron chi connectivity index (χ2n) is 7.99. The number of hydrogen-bond acceptors (Lipinski definition) is 6. The van der Waals surface area contributed by atoms with Crippen LogP contribution in [0.15, 0.2) is 111 Å². The third kappa shape index (κ3) is 5.74. The molecule has 0 aliphatic carbocycles. The highest BCUT2D eigenvalue weighted by Gasteiger charge is 2.27. The number of carbonyl (C=O) groups excluding carboxylic acids is 1. The number of carbonyl (C=O) groups is 1. The van der Waals surface area contributed by atoms with Crippen LogP contribution in [-0.4, -0.2) is 15.8 Å². The summed E-state index contributed by atoms with van der Waals surface area (Å²) in [6.07, 6.45) is 1.62. The third-order valence-electron chi connectivity index (χ3n) is 5.53. The zero-order valence-corrected chi connectivity index (χ0v) is 20.4. The Balaban J connectivity index is 1.41. The summed E-state index contributed by atoms with van der Waals surface area (Å²) in [5.41, 5.74) is 1.53. The number of aromatic nitrogens is 1. The summed E-state index contributed by atoms with van der Waals surface area (Å²) >= 11 is 3.02. The zero-order chi connectivity index (χ0) is 24.0. The first-order valence-corrected chi connectivity index (χ1v) is 12.8. The number of H-pyrrole nitrogens is 1. The van der Waals surface area contributed by atoms with Crippen LogP contribution in [0.4, 0.5) is 0 Å². The number of aromatic amines is 1. The maximum atomic E-state index is 13.9. The molecule has 6 nitrogen and oxygen atoms in total. The molecule has 0 saturated carbocycles. The molecule has 2 N–H and O–H groups in total. The first kappa shape index (κ1) is 23.2. The third-order valence-corrected chi connectivity index (χ3v) is 7.24. The lowest BCUT2D eigenvalue weighted by Gasteiger charge is -2.27. The Morgan fingerprint density at radius 3 is 2.66 bits per heavy atom. The van der Waals surface area contributed by atoms with Crippen LogP contribution in [-0.2, 0) is 17.9 Å². The van der Waals surface area contributed by atoms with Gasteiger partial charge in [-0.05, 0) is 70.7 Å². The number of amides is 1. The van der Waals surface area contributed by atoms with Gasteiger partial charge in [-0.1, -0.05) is 36.4 Å². The van der Waals surface area contributed by atoms with E-state index in [0.29, 0.717) is 13.1 Å². The maximum absolute atomic E-state index is 13.9. The average molecular weight is 502 g/mol. The lowest BCUT2D eigenvalue weighted by atomic mass is 10.1. The van der Waals surface area contributed by atoms with Gasteiger partial charge in [-0.25, -0.2) is 4.72 Å². The Morgan fingerprint density at radius 1 is 1.00 bits per heavy atom. The van der Waals surface area contributed by atoms with Gasteiger partial charge in [-0.2, -0.15) is 0 Å². The quantitative estimate of drug-likeness (QED) is 0.252. The van der Waals surface area contributed by atoms with Crippen LogP contribution in [0.3, 0.4) is 0 Å². The van der Waals surface area contributed by atoms with Crippen molar-refractivity contribution in [3.63, 3.8) is 0 Å². The van der Waals surface area contributed by atoms with Gasteiger partial charge in [0.15, 0.2) is 0 Å². The molecule has 5 aromatic rings. The van der Waals surface area contributed by atoms with Crippen LogP contribution in [0.1, 0.15) is 22.2 Å². The summed E-state index contributed by atoms with van der Waals surface area (Å²) in [5.74, 6) is 0.691. The number of thiophene rings is 1. The molecule has 0 radical (unpaired) electrons. The molecule has 8 heteroatoms. The Hall–Kier alpha value is -3.59. The minimum atomic E-state index is -0.567. The molecule has 0 aliphatic rings. The van der Waals surface area contributed by atoms with Crippen molar-refractivity contribution in [1.82, 2.24) is 14.6 Å². The van der Waals surface area contributed by atoms with Gasteiger partial charge >= 0.3 is 0 Å². The zero-order valence-electron chi connectivity index (χ0n) is 18.7. The van der Waals surface area contributed by atoms with Crippen molar-refractivity contribution in [2.24, 2.45) is 0 Å². The van der Waals surface area contributed by atoms with Crippen molar-refractivity contribution in [2.45, 2.75) is 24.0 Å². The summed E-state index contributed by atoms with van der Waals surface area (Å²) in [7, 11) is 0. The first-order chi connectivity index (χ1) is 17.2. The van der Waals surface area contributed by atoms with Crippen molar-refractivity contribution in [2.75, 3.05) is 0 Å². The number of benzene rings is 2. The van der Waals surface area contributed by atoms with E-state index in [1.165, 1.54) is 18.0 Å². The number of furan rings is 1.